The molecule has 24 heavy (non-hydrogen) atoms. The summed E-state index contributed by atoms with van der Waals surface area (Å²) in [5, 5.41) is 13.8. The highest BCUT2D eigenvalue weighted by Gasteiger charge is 2.11. The van der Waals surface area contributed by atoms with E-state index in [1.807, 2.05) is 48.7 Å². The van der Waals surface area contributed by atoms with Crippen molar-refractivity contribution in [1.29, 1.82) is 0 Å². The van der Waals surface area contributed by atoms with Gasteiger partial charge in [-0.3, -0.25) is 0 Å². The summed E-state index contributed by atoms with van der Waals surface area (Å²) < 4.78 is 7.14. The van der Waals surface area contributed by atoms with E-state index in [1.54, 1.807) is 18.0 Å². The maximum absolute atomic E-state index is 5.36. The monoisotopic (exact) mass is 338 g/mol. The van der Waals surface area contributed by atoms with Crippen LogP contribution in [0.5, 0.6) is 5.75 Å². The zero-order valence-electron chi connectivity index (χ0n) is 13.6. The topological polar surface area (TPSA) is 52.3 Å². The molecule has 0 aliphatic carbocycles. The molecule has 0 atom stereocenters. The van der Waals surface area contributed by atoms with Gasteiger partial charge in [0.05, 0.1) is 13.3 Å². The molecule has 0 N–H and O–H groups in total. The summed E-state index contributed by atoms with van der Waals surface area (Å²) >= 11 is 1.52. The molecule has 2 aromatic carbocycles. The zero-order chi connectivity index (χ0) is 16.8. The van der Waals surface area contributed by atoms with Crippen LogP contribution in [0.25, 0.3) is 0 Å². The predicted molar refractivity (Wildman–Crippen MR) is 97.0 cm³/mol. The van der Waals surface area contributed by atoms with E-state index in [9.17, 15) is 0 Å². The number of benzene rings is 2. The molecule has 122 valence electrons. The number of methoxy groups -OCH3 is 1. The van der Waals surface area contributed by atoms with E-state index in [-0.39, 0.29) is 0 Å². The summed E-state index contributed by atoms with van der Waals surface area (Å²) in [7, 11) is 1.65. The second kappa shape index (κ2) is 7.79. The quantitative estimate of drug-likeness (QED) is 0.510. The lowest BCUT2D eigenvalue weighted by Gasteiger charge is -2.05. The molecule has 5 nitrogen and oxygen atoms in total. The van der Waals surface area contributed by atoms with Gasteiger partial charge in [0.15, 0.2) is 5.82 Å². The minimum absolute atomic E-state index is 0.678. The Bertz CT molecular complexity index is 830. The van der Waals surface area contributed by atoms with Crippen LogP contribution in [0, 0.1) is 0 Å². The Kier molecular flexibility index (Phi) is 5.28. The third kappa shape index (κ3) is 3.65. The third-order valence-electron chi connectivity index (χ3n) is 3.52. The highest BCUT2D eigenvalue weighted by atomic mass is 32.2. The van der Waals surface area contributed by atoms with Crippen LogP contribution >= 0.6 is 11.8 Å². The second-order valence-corrected chi connectivity index (χ2v) is 5.84. The highest BCUT2D eigenvalue weighted by molar-refractivity contribution is 7.98. The Morgan fingerprint density at radius 3 is 2.58 bits per heavy atom. The van der Waals surface area contributed by atoms with Crippen LogP contribution in [-0.4, -0.2) is 34.5 Å². The largest absolute Gasteiger partial charge is 0.496 e. The smallest absolute Gasteiger partial charge is 0.211 e. The van der Waals surface area contributed by atoms with Gasteiger partial charge in [0.1, 0.15) is 5.75 Å². The predicted octanol–water partition coefficient (Wildman–Crippen LogP) is 3.48. The molecule has 0 saturated carbocycles. The van der Waals surface area contributed by atoms with Gasteiger partial charge in [-0.2, -0.15) is 9.78 Å². The summed E-state index contributed by atoms with van der Waals surface area (Å²) in [6.45, 7) is 0. The SMILES string of the molecule is COc1ccccc1/C=N\n1c(Cc2ccccc2)nnc1SC. The molecule has 0 radical (unpaired) electrons. The van der Waals surface area contributed by atoms with Crippen LogP contribution in [0.1, 0.15) is 17.0 Å². The number of aromatic nitrogens is 3. The van der Waals surface area contributed by atoms with Gasteiger partial charge < -0.3 is 4.74 Å². The standard InChI is InChI=1S/C18H18N4OS/c1-23-16-11-7-6-10-15(16)13-19-22-17(20-21-18(22)24-2)12-14-8-4-3-5-9-14/h3-11,13H,12H2,1-2H3/b19-13-. The molecule has 3 rings (SSSR count). The molecule has 1 aromatic heterocycles. The van der Waals surface area contributed by atoms with Gasteiger partial charge in [-0.1, -0.05) is 54.2 Å². The number of hydrogen-bond donors (Lipinski definition) is 0. The Morgan fingerprint density at radius 2 is 1.83 bits per heavy atom. The molecule has 0 fully saturated rings. The third-order valence-corrected chi connectivity index (χ3v) is 4.14. The van der Waals surface area contributed by atoms with Crippen molar-refractivity contribution in [3.8, 4) is 5.75 Å². The molecule has 0 unspecified atom stereocenters. The van der Waals surface area contributed by atoms with Crippen molar-refractivity contribution in [2.45, 2.75) is 11.6 Å². The molecule has 3 aromatic rings. The van der Waals surface area contributed by atoms with Crippen molar-refractivity contribution < 1.29 is 4.74 Å². The molecule has 0 saturated heterocycles. The molecule has 1 heterocycles. The Labute approximate surface area is 145 Å². The summed E-state index contributed by atoms with van der Waals surface area (Å²) in [5.74, 6) is 1.58. The number of thioether (sulfide) groups is 1. The van der Waals surface area contributed by atoms with E-state index < -0.39 is 0 Å². The van der Waals surface area contributed by atoms with Gasteiger partial charge in [-0.25, -0.2) is 0 Å². The minimum atomic E-state index is 0.678. The van der Waals surface area contributed by atoms with Crippen molar-refractivity contribution >= 4 is 18.0 Å². The number of nitrogens with zero attached hydrogens (tertiary/aromatic N) is 4. The normalized spacial score (nSPS) is 11.1. The first-order valence-corrected chi connectivity index (χ1v) is 8.74. The molecule has 0 aliphatic rings. The van der Waals surface area contributed by atoms with E-state index in [0.29, 0.717) is 6.42 Å². The van der Waals surface area contributed by atoms with Crippen LogP contribution in [0.4, 0.5) is 0 Å². The molecule has 6 heteroatoms. The van der Waals surface area contributed by atoms with Gasteiger partial charge in [0.2, 0.25) is 5.16 Å². The van der Waals surface area contributed by atoms with E-state index >= 15 is 0 Å². The second-order valence-electron chi connectivity index (χ2n) is 5.06. The van der Waals surface area contributed by atoms with Crippen molar-refractivity contribution in [2.24, 2.45) is 5.10 Å². The lowest BCUT2D eigenvalue weighted by molar-refractivity contribution is 0.414. The molecule has 0 spiro atoms. The van der Waals surface area contributed by atoms with Crippen molar-refractivity contribution in [1.82, 2.24) is 14.9 Å². The fourth-order valence-electron chi connectivity index (χ4n) is 2.32. The average molecular weight is 338 g/mol. The first kappa shape index (κ1) is 16.3. The molecular weight excluding hydrogens is 320 g/mol. The van der Waals surface area contributed by atoms with Crippen molar-refractivity contribution in [2.75, 3.05) is 13.4 Å². The van der Waals surface area contributed by atoms with Gasteiger partial charge in [-0.05, 0) is 24.0 Å². The molecular formula is C18H18N4OS. The summed E-state index contributed by atoms with van der Waals surface area (Å²) in [5.41, 5.74) is 2.08. The first-order valence-electron chi connectivity index (χ1n) is 7.51. The lowest BCUT2D eigenvalue weighted by Crippen LogP contribution is -2.01. The Morgan fingerprint density at radius 1 is 1.08 bits per heavy atom. The fraction of sp³-hybridized carbons (Fsp3) is 0.167. The molecule has 0 aliphatic heterocycles. The maximum Gasteiger partial charge on any atom is 0.211 e. The van der Waals surface area contributed by atoms with Crippen LogP contribution in [0.15, 0.2) is 64.9 Å². The van der Waals surface area contributed by atoms with E-state index in [0.717, 1.165) is 22.3 Å². The fourth-order valence-corrected chi connectivity index (χ4v) is 2.77. The molecule has 0 amide bonds. The van der Waals surface area contributed by atoms with E-state index in [4.69, 9.17) is 4.74 Å². The lowest BCUT2D eigenvalue weighted by atomic mass is 10.1. The number of ether oxygens (including phenoxy) is 1. The van der Waals surface area contributed by atoms with E-state index in [1.165, 1.54) is 17.3 Å². The van der Waals surface area contributed by atoms with Crippen LogP contribution in [0.2, 0.25) is 0 Å². The van der Waals surface area contributed by atoms with Gasteiger partial charge in [-0.15, -0.1) is 10.2 Å². The zero-order valence-corrected chi connectivity index (χ0v) is 14.4. The van der Waals surface area contributed by atoms with Crippen molar-refractivity contribution in [3.63, 3.8) is 0 Å². The van der Waals surface area contributed by atoms with Crippen LogP contribution in [-0.2, 0) is 6.42 Å². The Hall–Kier alpha value is -2.60. The van der Waals surface area contributed by atoms with Gasteiger partial charge >= 0.3 is 0 Å². The van der Waals surface area contributed by atoms with E-state index in [2.05, 4.69) is 27.4 Å². The van der Waals surface area contributed by atoms with Gasteiger partial charge in [0.25, 0.3) is 0 Å². The first-order chi connectivity index (χ1) is 11.8. The minimum Gasteiger partial charge on any atom is -0.496 e. The summed E-state index contributed by atoms with van der Waals surface area (Å²) in [6, 6.07) is 17.9. The number of hydrogen-bond acceptors (Lipinski definition) is 5. The number of rotatable bonds is 6. The van der Waals surface area contributed by atoms with Gasteiger partial charge in [0, 0.05) is 12.0 Å². The maximum atomic E-state index is 5.36. The van der Waals surface area contributed by atoms with Crippen LogP contribution < -0.4 is 4.74 Å². The highest BCUT2D eigenvalue weighted by Crippen LogP contribution is 2.18. The van der Waals surface area contributed by atoms with Crippen LogP contribution in [0.3, 0.4) is 0 Å². The average Bonchev–Trinajstić information content (AvgIpc) is 3.02. The summed E-state index contributed by atoms with van der Waals surface area (Å²) in [4.78, 5) is 0. The number of para-hydroxylation sites is 1. The van der Waals surface area contributed by atoms with Crippen molar-refractivity contribution in [3.05, 3.63) is 71.5 Å². The summed E-state index contributed by atoms with van der Waals surface area (Å²) in [6.07, 6.45) is 4.42. The Balaban J connectivity index is 1.92. The molecule has 0 bridgehead atoms.